The summed E-state index contributed by atoms with van der Waals surface area (Å²) in [6, 6.07) is 19.9. The molecule has 3 aromatic carbocycles. The van der Waals surface area contributed by atoms with Gasteiger partial charge < -0.3 is 5.32 Å². The molecule has 0 unspecified atom stereocenters. The number of amides is 1. The number of fused-ring (bicyclic) bond motifs is 1. The maximum atomic E-state index is 13.4. The van der Waals surface area contributed by atoms with Gasteiger partial charge in [0.2, 0.25) is 5.91 Å². The molecule has 0 aliphatic carbocycles. The fourth-order valence-corrected chi connectivity index (χ4v) is 4.33. The highest BCUT2D eigenvalue weighted by Gasteiger charge is 2.16. The van der Waals surface area contributed by atoms with E-state index in [9.17, 15) is 14.4 Å². The van der Waals surface area contributed by atoms with E-state index in [1.165, 1.54) is 18.7 Å². The number of anilines is 1. The molecule has 4 aromatic rings. The number of nitrogens with one attached hydrogen (secondary N) is 1. The second-order valence-corrected chi connectivity index (χ2v) is 8.76. The first-order chi connectivity index (χ1) is 15.8. The summed E-state index contributed by atoms with van der Waals surface area (Å²) in [6.45, 7) is 5.40. The summed E-state index contributed by atoms with van der Waals surface area (Å²) in [4.78, 5) is 42.4. The van der Waals surface area contributed by atoms with Gasteiger partial charge in [-0.2, -0.15) is 0 Å². The molecule has 1 N–H and O–H groups in total. The number of Topliss-reactive ketones (excluding diaryl/α,β-unsaturated/α-hetero) is 1. The molecule has 0 saturated heterocycles. The monoisotopic (exact) mass is 457 g/mol. The topological polar surface area (TPSA) is 81.1 Å². The lowest BCUT2D eigenvalue weighted by molar-refractivity contribution is -0.113. The van der Waals surface area contributed by atoms with Crippen molar-refractivity contribution in [2.45, 2.75) is 25.9 Å². The van der Waals surface area contributed by atoms with Crippen molar-refractivity contribution in [3.63, 3.8) is 0 Å². The van der Waals surface area contributed by atoms with E-state index in [0.717, 1.165) is 16.8 Å². The van der Waals surface area contributed by atoms with Gasteiger partial charge in [0.25, 0.3) is 5.56 Å². The molecule has 166 valence electrons. The molecule has 0 bridgehead atoms. The van der Waals surface area contributed by atoms with Crippen LogP contribution in [0, 0.1) is 13.8 Å². The molecule has 1 amide bonds. The molecule has 7 heteroatoms. The van der Waals surface area contributed by atoms with Crippen LogP contribution >= 0.6 is 11.8 Å². The zero-order chi connectivity index (χ0) is 23.5. The van der Waals surface area contributed by atoms with Gasteiger partial charge in [0.15, 0.2) is 10.9 Å². The Balaban J connectivity index is 1.68. The van der Waals surface area contributed by atoms with Crippen LogP contribution in [0.4, 0.5) is 5.69 Å². The van der Waals surface area contributed by atoms with Crippen molar-refractivity contribution in [1.29, 1.82) is 0 Å². The van der Waals surface area contributed by atoms with Gasteiger partial charge in [-0.25, -0.2) is 4.98 Å². The average Bonchev–Trinajstić information content (AvgIpc) is 2.80. The van der Waals surface area contributed by atoms with Crippen LogP contribution in [-0.4, -0.2) is 27.0 Å². The number of rotatable bonds is 6. The average molecular weight is 458 g/mol. The largest absolute Gasteiger partial charge is 0.325 e. The minimum absolute atomic E-state index is 0.0555. The number of carbonyl (C=O) groups excluding carboxylic acids is 2. The summed E-state index contributed by atoms with van der Waals surface area (Å²) >= 11 is 1.20. The first-order valence-electron chi connectivity index (χ1n) is 10.5. The lowest BCUT2D eigenvalue weighted by Gasteiger charge is -2.16. The summed E-state index contributed by atoms with van der Waals surface area (Å²) < 4.78 is 1.58. The quantitative estimate of drug-likeness (QED) is 0.252. The van der Waals surface area contributed by atoms with Crippen LogP contribution in [0.15, 0.2) is 76.7 Å². The molecule has 0 saturated carbocycles. The van der Waals surface area contributed by atoms with Gasteiger partial charge in [0.05, 0.1) is 22.3 Å². The van der Waals surface area contributed by atoms with E-state index in [1.54, 1.807) is 41.0 Å². The molecule has 0 spiro atoms. The van der Waals surface area contributed by atoms with Crippen molar-refractivity contribution in [2.24, 2.45) is 0 Å². The highest BCUT2D eigenvalue weighted by molar-refractivity contribution is 7.99. The highest BCUT2D eigenvalue weighted by Crippen LogP contribution is 2.24. The van der Waals surface area contributed by atoms with E-state index in [-0.39, 0.29) is 23.0 Å². The zero-order valence-corrected chi connectivity index (χ0v) is 19.4. The summed E-state index contributed by atoms with van der Waals surface area (Å²) in [5.41, 5.74) is 4.19. The smallest absolute Gasteiger partial charge is 0.266 e. The minimum atomic E-state index is -0.254. The Morgan fingerprint density at radius 3 is 2.58 bits per heavy atom. The van der Waals surface area contributed by atoms with Crippen LogP contribution < -0.4 is 10.9 Å². The number of aromatic nitrogens is 2. The van der Waals surface area contributed by atoms with Crippen LogP contribution in [0.5, 0.6) is 0 Å². The Labute approximate surface area is 195 Å². The van der Waals surface area contributed by atoms with Crippen LogP contribution in [0.1, 0.15) is 28.4 Å². The zero-order valence-electron chi connectivity index (χ0n) is 18.6. The lowest BCUT2D eigenvalue weighted by atomic mass is 10.1. The number of para-hydroxylation sites is 1. The molecule has 0 atom stereocenters. The van der Waals surface area contributed by atoms with Gasteiger partial charge >= 0.3 is 0 Å². The van der Waals surface area contributed by atoms with Crippen molar-refractivity contribution in [3.8, 4) is 5.69 Å². The lowest BCUT2D eigenvalue weighted by Crippen LogP contribution is -2.23. The Morgan fingerprint density at radius 1 is 1.00 bits per heavy atom. The van der Waals surface area contributed by atoms with E-state index in [4.69, 9.17) is 4.98 Å². The van der Waals surface area contributed by atoms with E-state index in [2.05, 4.69) is 5.32 Å². The third-order valence-electron chi connectivity index (χ3n) is 5.24. The number of aryl methyl sites for hydroxylation is 2. The summed E-state index contributed by atoms with van der Waals surface area (Å²) in [5.74, 6) is -0.269. The Kier molecular flexibility index (Phi) is 6.42. The van der Waals surface area contributed by atoms with Crippen LogP contribution in [0.2, 0.25) is 0 Å². The number of nitrogens with zero attached hydrogens (tertiary/aromatic N) is 2. The molecule has 6 nitrogen and oxygen atoms in total. The number of ketones is 1. The van der Waals surface area contributed by atoms with E-state index in [0.29, 0.717) is 27.3 Å². The molecular weight excluding hydrogens is 434 g/mol. The number of thioether (sulfide) groups is 1. The van der Waals surface area contributed by atoms with Crippen molar-refractivity contribution in [1.82, 2.24) is 9.55 Å². The molecule has 0 aliphatic heterocycles. The van der Waals surface area contributed by atoms with Gasteiger partial charge in [0.1, 0.15) is 0 Å². The number of benzene rings is 3. The van der Waals surface area contributed by atoms with Crippen molar-refractivity contribution in [3.05, 3.63) is 93.8 Å². The van der Waals surface area contributed by atoms with Crippen molar-refractivity contribution < 1.29 is 9.59 Å². The summed E-state index contributed by atoms with van der Waals surface area (Å²) in [6.07, 6.45) is 0. The molecule has 4 rings (SSSR count). The molecule has 1 aromatic heterocycles. The van der Waals surface area contributed by atoms with Gasteiger partial charge in [-0.15, -0.1) is 0 Å². The van der Waals surface area contributed by atoms with Crippen LogP contribution in [0.3, 0.4) is 0 Å². The van der Waals surface area contributed by atoms with E-state index >= 15 is 0 Å². The number of carbonyl (C=O) groups is 2. The standard InChI is InChI=1S/C26H23N3O3S/c1-16-11-12-17(2)23(13-16)29-25(32)21-9-4-5-10-22(21)28-26(29)33-15-24(31)27-20-8-6-7-19(14-20)18(3)30/h4-14H,15H2,1-3H3,(H,27,31). The fraction of sp³-hybridized carbons (Fsp3) is 0.154. The van der Waals surface area contributed by atoms with Gasteiger partial charge in [-0.05, 0) is 62.2 Å². The minimum Gasteiger partial charge on any atom is -0.325 e. The molecule has 0 radical (unpaired) electrons. The Bertz CT molecular complexity index is 1440. The summed E-state index contributed by atoms with van der Waals surface area (Å²) in [7, 11) is 0. The van der Waals surface area contributed by atoms with E-state index in [1.807, 2.05) is 44.2 Å². The maximum absolute atomic E-state index is 13.4. The van der Waals surface area contributed by atoms with Crippen LogP contribution in [-0.2, 0) is 4.79 Å². The van der Waals surface area contributed by atoms with E-state index < -0.39 is 0 Å². The van der Waals surface area contributed by atoms with Gasteiger partial charge in [-0.3, -0.25) is 19.0 Å². The highest BCUT2D eigenvalue weighted by atomic mass is 32.2. The van der Waals surface area contributed by atoms with Crippen molar-refractivity contribution >= 4 is 40.0 Å². The van der Waals surface area contributed by atoms with Gasteiger partial charge in [-0.1, -0.05) is 48.2 Å². The Morgan fingerprint density at radius 2 is 1.79 bits per heavy atom. The maximum Gasteiger partial charge on any atom is 0.266 e. The second kappa shape index (κ2) is 9.42. The molecule has 0 fully saturated rings. The summed E-state index contributed by atoms with van der Waals surface area (Å²) in [5, 5.41) is 3.78. The molecular formula is C26H23N3O3S. The normalized spacial score (nSPS) is 10.9. The first-order valence-corrected chi connectivity index (χ1v) is 11.4. The fourth-order valence-electron chi connectivity index (χ4n) is 3.53. The predicted molar refractivity (Wildman–Crippen MR) is 133 cm³/mol. The molecule has 33 heavy (non-hydrogen) atoms. The molecule has 0 aliphatic rings. The third kappa shape index (κ3) is 4.88. The predicted octanol–water partition coefficient (Wildman–Crippen LogP) is 4.94. The Hall–Kier alpha value is -3.71. The SMILES string of the molecule is CC(=O)c1cccc(NC(=O)CSc2nc3ccccc3c(=O)n2-c2cc(C)ccc2C)c1. The first kappa shape index (κ1) is 22.5. The second-order valence-electron chi connectivity index (χ2n) is 7.82. The molecule has 1 heterocycles. The van der Waals surface area contributed by atoms with Gasteiger partial charge in [0, 0.05) is 11.3 Å². The number of hydrogen-bond donors (Lipinski definition) is 1. The number of hydrogen-bond acceptors (Lipinski definition) is 5. The third-order valence-corrected chi connectivity index (χ3v) is 6.17. The van der Waals surface area contributed by atoms with Crippen LogP contribution in [0.25, 0.3) is 16.6 Å². The van der Waals surface area contributed by atoms with Crippen molar-refractivity contribution in [2.75, 3.05) is 11.1 Å².